The highest BCUT2D eigenvalue weighted by Gasteiger charge is 2.19. The molecule has 1 aromatic rings. The Morgan fingerprint density at radius 2 is 2.15 bits per heavy atom. The zero-order chi connectivity index (χ0) is 15.1. The summed E-state index contributed by atoms with van der Waals surface area (Å²) >= 11 is 0. The van der Waals surface area contributed by atoms with Gasteiger partial charge in [-0.3, -0.25) is 15.5 Å². The summed E-state index contributed by atoms with van der Waals surface area (Å²) in [6, 6.07) is 0.00845. The molecule has 0 bridgehead atoms. The highest BCUT2D eigenvalue weighted by atomic mass is 16.6. The summed E-state index contributed by atoms with van der Waals surface area (Å²) in [4.78, 5) is 20.4. The van der Waals surface area contributed by atoms with Crippen LogP contribution in [0.5, 0.6) is 0 Å². The summed E-state index contributed by atoms with van der Waals surface area (Å²) in [7, 11) is 0. The Kier molecular flexibility index (Phi) is 6.07. The first-order valence-electron chi connectivity index (χ1n) is 6.48. The average molecular weight is 283 g/mol. The lowest BCUT2D eigenvalue weighted by Gasteiger charge is -2.23. The Morgan fingerprint density at radius 1 is 1.50 bits per heavy atom. The van der Waals surface area contributed by atoms with E-state index in [0.717, 1.165) is 25.8 Å². The van der Waals surface area contributed by atoms with Gasteiger partial charge in [0.15, 0.2) is 0 Å². The van der Waals surface area contributed by atoms with E-state index in [-0.39, 0.29) is 23.5 Å². The van der Waals surface area contributed by atoms with Gasteiger partial charge in [0.2, 0.25) is 11.8 Å². The van der Waals surface area contributed by atoms with Crippen molar-refractivity contribution in [2.24, 2.45) is 5.84 Å². The lowest BCUT2D eigenvalue weighted by atomic mass is 10.3. The standard InChI is InChI=1S/C11H21N7O2/c1-4-17(5-2)7-8(3)14-10-9(18(19)20)6-13-11(15-10)16-12/h6,8H,4-5,7,12H2,1-3H3,(H2,13,14,15,16). The second kappa shape index (κ2) is 7.56. The largest absolute Gasteiger partial charge is 0.360 e. The van der Waals surface area contributed by atoms with E-state index < -0.39 is 4.92 Å². The molecule has 0 aliphatic heterocycles. The number of likely N-dealkylation sites (N-methyl/N-ethyl adjacent to an activating group) is 1. The van der Waals surface area contributed by atoms with E-state index >= 15 is 0 Å². The lowest BCUT2D eigenvalue weighted by molar-refractivity contribution is -0.384. The number of nitrogens with two attached hydrogens (primary N) is 1. The maximum atomic E-state index is 11.0. The first-order valence-corrected chi connectivity index (χ1v) is 6.48. The molecule has 1 atom stereocenters. The van der Waals surface area contributed by atoms with Gasteiger partial charge in [0.1, 0.15) is 6.20 Å². The summed E-state index contributed by atoms with van der Waals surface area (Å²) in [5.74, 6) is 5.52. The molecule has 112 valence electrons. The maximum absolute atomic E-state index is 11.0. The molecular weight excluding hydrogens is 262 g/mol. The van der Waals surface area contributed by atoms with Gasteiger partial charge in [0, 0.05) is 12.6 Å². The fourth-order valence-electron chi connectivity index (χ4n) is 1.83. The summed E-state index contributed by atoms with van der Waals surface area (Å²) in [5, 5.41) is 14.0. The molecule has 9 heteroatoms. The van der Waals surface area contributed by atoms with E-state index in [1.54, 1.807) is 0 Å². The topological polar surface area (TPSA) is 122 Å². The van der Waals surface area contributed by atoms with Crippen molar-refractivity contribution in [1.29, 1.82) is 0 Å². The zero-order valence-electron chi connectivity index (χ0n) is 12.0. The number of rotatable bonds is 8. The van der Waals surface area contributed by atoms with Crippen molar-refractivity contribution in [2.45, 2.75) is 26.8 Å². The minimum Gasteiger partial charge on any atom is -0.360 e. The van der Waals surface area contributed by atoms with Crippen LogP contribution < -0.4 is 16.6 Å². The summed E-state index contributed by atoms with van der Waals surface area (Å²) in [6.45, 7) is 8.69. The Bertz CT molecular complexity index is 450. The molecule has 1 aromatic heterocycles. The minimum atomic E-state index is -0.521. The quantitative estimate of drug-likeness (QED) is 0.364. The van der Waals surface area contributed by atoms with Crippen molar-refractivity contribution in [3.8, 4) is 0 Å². The third kappa shape index (κ3) is 4.28. The molecule has 1 unspecified atom stereocenters. The van der Waals surface area contributed by atoms with Gasteiger partial charge >= 0.3 is 5.69 Å². The highest BCUT2D eigenvalue weighted by Crippen LogP contribution is 2.22. The molecule has 9 nitrogen and oxygen atoms in total. The fraction of sp³-hybridized carbons (Fsp3) is 0.636. The molecular formula is C11H21N7O2. The number of nitro groups is 1. The van der Waals surface area contributed by atoms with Crippen LogP contribution in [0.4, 0.5) is 17.5 Å². The van der Waals surface area contributed by atoms with Crippen molar-refractivity contribution >= 4 is 17.5 Å². The molecule has 0 fully saturated rings. The molecule has 0 aliphatic rings. The number of anilines is 2. The highest BCUT2D eigenvalue weighted by molar-refractivity contribution is 5.57. The Labute approximate surface area is 117 Å². The van der Waals surface area contributed by atoms with Gasteiger partial charge in [-0.25, -0.2) is 10.8 Å². The van der Waals surface area contributed by atoms with Crippen LogP contribution in [0.25, 0.3) is 0 Å². The van der Waals surface area contributed by atoms with Crippen LogP contribution in [-0.2, 0) is 0 Å². The van der Waals surface area contributed by atoms with Crippen LogP contribution in [0, 0.1) is 10.1 Å². The van der Waals surface area contributed by atoms with Crippen molar-refractivity contribution < 1.29 is 4.92 Å². The van der Waals surface area contributed by atoms with Crippen LogP contribution in [0.3, 0.4) is 0 Å². The van der Waals surface area contributed by atoms with Crippen LogP contribution in [0.2, 0.25) is 0 Å². The van der Waals surface area contributed by atoms with E-state index in [2.05, 4.69) is 39.5 Å². The van der Waals surface area contributed by atoms with E-state index in [1.165, 1.54) is 0 Å². The molecule has 1 heterocycles. The summed E-state index contributed by atoms with van der Waals surface area (Å²) in [5.41, 5.74) is 2.10. The van der Waals surface area contributed by atoms with E-state index in [9.17, 15) is 10.1 Å². The first-order chi connectivity index (χ1) is 9.51. The Hall–Kier alpha value is -2.00. The number of aromatic nitrogens is 2. The van der Waals surface area contributed by atoms with Gasteiger partial charge in [0.05, 0.1) is 4.92 Å². The lowest BCUT2D eigenvalue weighted by Crippen LogP contribution is -2.35. The van der Waals surface area contributed by atoms with Crippen LogP contribution in [0.15, 0.2) is 6.20 Å². The van der Waals surface area contributed by atoms with Crippen molar-refractivity contribution in [2.75, 3.05) is 30.4 Å². The second-order valence-electron chi connectivity index (χ2n) is 4.36. The van der Waals surface area contributed by atoms with Crippen molar-refractivity contribution in [1.82, 2.24) is 14.9 Å². The van der Waals surface area contributed by atoms with Crippen LogP contribution >= 0.6 is 0 Å². The van der Waals surface area contributed by atoms with Gasteiger partial charge < -0.3 is 10.2 Å². The minimum absolute atomic E-state index is 0.00845. The Morgan fingerprint density at radius 3 is 2.65 bits per heavy atom. The van der Waals surface area contributed by atoms with Crippen LogP contribution in [0.1, 0.15) is 20.8 Å². The molecule has 0 radical (unpaired) electrons. The average Bonchev–Trinajstić information content (AvgIpc) is 2.44. The number of hydrogen-bond acceptors (Lipinski definition) is 8. The molecule has 0 aromatic carbocycles. The monoisotopic (exact) mass is 283 g/mol. The van der Waals surface area contributed by atoms with E-state index in [4.69, 9.17) is 5.84 Å². The molecule has 20 heavy (non-hydrogen) atoms. The SMILES string of the molecule is CCN(CC)CC(C)Nc1nc(NN)ncc1[N+](=O)[O-]. The zero-order valence-corrected chi connectivity index (χ0v) is 12.0. The van der Waals surface area contributed by atoms with Gasteiger partial charge in [0.25, 0.3) is 0 Å². The van der Waals surface area contributed by atoms with Crippen molar-refractivity contribution in [3.63, 3.8) is 0 Å². The predicted molar refractivity (Wildman–Crippen MR) is 77.4 cm³/mol. The maximum Gasteiger partial charge on any atom is 0.329 e. The Balaban J connectivity index is 2.86. The third-order valence-corrected chi connectivity index (χ3v) is 2.90. The fourth-order valence-corrected chi connectivity index (χ4v) is 1.83. The predicted octanol–water partition coefficient (Wildman–Crippen LogP) is 0.813. The molecule has 0 saturated heterocycles. The number of nitrogens with one attached hydrogen (secondary N) is 2. The number of nitrogen functional groups attached to an aromatic ring is 1. The molecule has 0 spiro atoms. The van der Waals surface area contributed by atoms with Gasteiger partial charge in [-0.05, 0) is 20.0 Å². The molecule has 0 aliphatic carbocycles. The number of hydrazine groups is 1. The molecule has 4 N–H and O–H groups in total. The smallest absolute Gasteiger partial charge is 0.329 e. The molecule has 1 rings (SSSR count). The normalized spacial score (nSPS) is 12.2. The summed E-state index contributed by atoms with van der Waals surface area (Å²) < 4.78 is 0. The number of hydrogen-bond donors (Lipinski definition) is 3. The van der Waals surface area contributed by atoms with Crippen LogP contribution in [-0.4, -0.2) is 45.5 Å². The van der Waals surface area contributed by atoms with E-state index in [1.807, 2.05) is 6.92 Å². The van der Waals surface area contributed by atoms with Gasteiger partial charge in [-0.1, -0.05) is 13.8 Å². The van der Waals surface area contributed by atoms with E-state index in [0.29, 0.717) is 0 Å². The second-order valence-corrected chi connectivity index (χ2v) is 4.36. The van der Waals surface area contributed by atoms with Gasteiger partial charge in [-0.2, -0.15) is 4.98 Å². The van der Waals surface area contributed by atoms with Crippen molar-refractivity contribution in [3.05, 3.63) is 16.3 Å². The third-order valence-electron chi connectivity index (χ3n) is 2.90. The molecule has 0 saturated carbocycles. The van der Waals surface area contributed by atoms with Gasteiger partial charge in [-0.15, -0.1) is 0 Å². The number of nitrogens with zero attached hydrogens (tertiary/aromatic N) is 4. The summed E-state index contributed by atoms with van der Waals surface area (Å²) in [6.07, 6.45) is 1.13. The first kappa shape index (κ1) is 16.1. The molecule has 0 amide bonds.